The first kappa shape index (κ1) is 20.1. The summed E-state index contributed by atoms with van der Waals surface area (Å²) in [4.78, 5) is 14.1. The number of carbonyl (C=O) groups excluding carboxylic acids is 1. The van der Waals surface area contributed by atoms with Crippen LogP contribution in [0.1, 0.15) is 35.8 Å². The monoisotopic (exact) mass is 375 g/mol. The van der Waals surface area contributed by atoms with Gasteiger partial charge in [0.1, 0.15) is 0 Å². The summed E-state index contributed by atoms with van der Waals surface area (Å²) in [5, 5.41) is 0. The molecule has 0 fully saturated rings. The molecule has 2 aromatic rings. The number of carbonyl (C=O) groups is 1. The third kappa shape index (κ3) is 4.69. The Labute approximate surface area is 155 Å². The number of hydrogen-bond acceptors (Lipinski definition) is 4. The van der Waals surface area contributed by atoms with E-state index in [1.807, 2.05) is 37.3 Å². The van der Waals surface area contributed by atoms with E-state index in [9.17, 15) is 13.2 Å². The zero-order chi connectivity index (χ0) is 19.3. The van der Waals surface area contributed by atoms with E-state index in [2.05, 4.69) is 4.72 Å². The van der Waals surface area contributed by atoms with E-state index < -0.39 is 10.0 Å². The van der Waals surface area contributed by atoms with Crippen molar-refractivity contribution in [1.29, 1.82) is 0 Å². The molecule has 2 atom stereocenters. The van der Waals surface area contributed by atoms with Gasteiger partial charge in [0.15, 0.2) is 0 Å². The number of hydrogen-bond donors (Lipinski definition) is 2. The highest BCUT2D eigenvalue weighted by Crippen LogP contribution is 2.18. The SMILES string of the molecule is CC(NS(=O)(=O)c1cccc(C(=O)N(C)C(C)CN)c1)c1ccccc1. The summed E-state index contributed by atoms with van der Waals surface area (Å²) in [7, 11) is -2.11. The molecular formula is C19H25N3O3S. The highest BCUT2D eigenvalue weighted by atomic mass is 32.2. The molecule has 1 amide bonds. The molecule has 7 heteroatoms. The van der Waals surface area contributed by atoms with Crippen LogP contribution in [0.2, 0.25) is 0 Å². The molecule has 0 aliphatic rings. The fourth-order valence-electron chi connectivity index (χ4n) is 2.47. The third-order valence-electron chi connectivity index (χ3n) is 4.35. The van der Waals surface area contributed by atoms with Gasteiger partial charge in [-0.05, 0) is 37.6 Å². The number of likely N-dealkylation sites (N-methyl/N-ethyl adjacent to an activating group) is 1. The van der Waals surface area contributed by atoms with E-state index in [-0.39, 0.29) is 22.9 Å². The summed E-state index contributed by atoms with van der Waals surface area (Å²) in [6.07, 6.45) is 0. The van der Waals surface area contributed by atoms with Crippen LogP contribution in [0.3, 0.4) is 0 Å². The van der Waals surface area contributed by atoms with Crippen molar-refractivity contribution in [3.63, 3.8) is 0 Å². The van der Waals surface area contributed by atoms with Crippen molar-refractivity contribution in [1.82, 2.24) is 9.62 Å². The first-order valence-corrected chi connectivity index (χ1v) is 9.89. The lowest BCUT2D eigenvalue weighted by Crippen LogP contribution is -2.39. The maximum absolute atomic E-state index is 12.7. The van der Waals surface area contributed by atoms with Crippen LogP contribution in [-0.4, -0.2) is 38.9 Å². The molecule has 0 aromatic heterocycles. The van der Waals surface area contributed by atoms with Crippen molar-refractivity contribution in [3.05, 3.63) is 65.7 Å². The van der Waals surface area contributed by atoms with Crippen LogP contribution >= 0.6 is 0 Å². The summed E-state index contributed by atoms with van der Waals surface area (Å²) in [6.45, 7) is 3.94. The summed E-state index contributed by atoms with van der Waals surface area (Å²) in [5.41, 5.74) is 6.77. The second-order valence-corrected chi connectivity index (χ2v) is 8.00. The summed E-state index contributed by atoms with van der Waals surface area (Å²) >= 11 is 0. The Kier molecular flexibility index (Phi) is 6.52. The number of amides is 1. The van der Waals surface area contributed by atoms with Gasteiger partial charge in [0, 0.05) is 31.2 Å². The van der Waals surface area contributed by atoms with Crippen LogP contribution in [0.4, 0.5) is 0 Å². The molecular weight excluding hydrogens is 350 g/mol. The Bertz CT molecular complexity index is 853. The molecule has 0 aliphatic heterocycles. The molecule has 0 spiro atoms. The minimum absolute atomic E-state index is 0.0555. The van der Waals surface area contributed by atoms with Crippen LogP contribution in [0.25, 0.3) is 0 Å². The second kappa shape index (κ2) is 8.44. The number of benzene rings is 2. The van der Waals surface area contributed by atoms with Crippen LogP contribution in [-0.2, 0) is 10.0 Å². The summed E-state index contributed by atoms with van der Waals surface area (Å²) in [5.74, 6) is -0.267. The van der Waals surface area contributed by atoms with Crippen molar-refractivity contribution in [2.24, 2.45) is 5.73 Å². The molecule has 2 aromatic carbocycles. The van der Waals surface area contributed by atoms with E-state index in [0.29, 0.717) is 12.1 Å². The van der Waals surface area contributed by atoms with Crippen LogP contribution < -0.4 is 10.5 Å². The predicted molar refractivity (Wildman–Crippen MR) is 102 cm³/mol. The van der Waals surface area contributed by atoms with Crippen molar-refractivity contribution in [2.75, 3.05) is 13.6 Å². The lowest BCUT2D eigenvalue weighted by Gasteiger charge is -2.24. The first-order valence-electron chi connectivity index (χ1n) is 8.41. The smallest absolute Gasteiger partial charge is 0.253 e. The average molecular weight is 375 g/mol. The van der Waals surface area contributed by atoms with Gasteiger partial charge in [-0.1, -0.05) is 36.4 Å². The van der Waals surface area contributed by atoms with Crippen molar-refractivity contribution >= 4 is 15.9 Å². The summed E-state index contributed by atoms with van der Waals surface area (Å²) in [6, 6.07) is 14.8. The first-order chi connectivity index (χ1) is 12.3. The standard InChI is InChI=1S/C19H25N3O3S/c1-14(13-20)22(3)19(23)17-10-7-11-18(12-17)26(24,25)21-15(2)16-8-5-4-6-9-16/h4-12,14-15,21H,13,20H2,1-3H3. The van der Waals surface area contributed by atoms with E-state index in [1.165, 1.54) is 17.0 Å². The number of nitrogens with two attached hydrogens (primary N) is 1. The van der Waals surface area contributed by atoms with Gasteiger partial charge in [0.25, 0.3) is 5.91 Å². The van der Waals surface area contributed by atoms with Crippen molar-refractivity contribution < 1.29 is 13.2 Å². The molecule has 0 saturated heterocycles. The zero-order valence-electron chi connectivity index (χ0n) is 15.2. The molecule has 2 rings (SSSR count). The topological polar surface area (TPSA) is 92.5 Å². The van der Waals surface area contributed by atoms with E-state index >= 15 is 0 Å². The van der Waals surface area contributed by atoms with E-state index in [4.69, 9.17) is 5.73 Å². The molecule has 3 N–H and O–H groups in total. The molecule has 0 radical (unpaired) electrons. The lowest BCUT2D eigenvalue weighted by atomic mass is 10.1. The van der Waals surface area contributed by atoms with Crippen molar-refractivity contribution in [2.45, 2.75) is 30.8 Å². The van der Waals surface area contributed by atoms with Gasteiger partial charge >= 0.3 is 0 Å². The third-order valence-corrected chi connectivity index (χ3v) is 5.88. The average Bonchev–Trinajstić information content (AvgIpc) is 2.66. The fraction of sp³-hybridized carbons (Fsp3) is 0.316. The summed E-state index contributed by atoms with van der Waals surface area (Å²) < 4.78 is 28.0. The van der Waals surface area contributed by atoms with Crippen LogP contribution in [0.5, 0.6) is 0 Å². The number of rotatable bonds is 7. The second-order valence-electron chi connectivity index (χ2n) is 6.28. The maximum Gasteiger partial charge on any atom is 0.253 e. The Hall–Kier alpha value is -2.22. The van der Waals surface area contributed by atoms with Gasteiger partial charge in [0.2, 0.25) is 10.0 Å². The number of nitrogens with one attached hydrogen (secondary N) is 1. The van der Waals surface area contributed by atoms with Gasteiger partial charge in [0.05, 0.1) is 4.90 Å². The maximum atomic E-state index is 12.7. The van der Waals surface area contributed by atoms with Gasteiger partial charge < -0.3 is 10.6 Å². The number of nitrogens with zero attached hydrogens (tertiary/aromatic N) is 1. The largest absolute Gasteiger partial charge is 0.338 e. The highest BCUT2D eigenvalue weighted by molar-refractivity contribution is 7.89. The van der Waals surface area contributed by atoms with Crippen molar-refractivity contribution in [3.8, 4) is 0 Å². The lowest BCUT2D eigenvalue weighted by molar-refractivity contribution is 0.0748. The van der Waals surface area contributed by atoms with E-state index in [1.54, 1.807) is 26.1 Å². The van der Waals surface area contributed by atoms with E-state index in [0.717, 1.165) is 5.56 Å². The van der Waals surface area contributed by atoms with Crippen LogP contribution in [0, 0.1) is 0 Å². The Morgan fingerprint density at radius 2 is 1.77 bits per heavy atom. The fourth-order valence-corrected chi connectivity index (χ4v) is 3.75. The molecule has 0 aliphatic carbocycles. The molecule has 0 heterocycles. The predicted octanol–water partition coefficient (Wildman–Crippen LogP) is 2.15. The van der Waals surface area contributed by atoms with Gasteiger partial charge in [-0.2, -0.15) is 0 Å². The van der Waals surface area contributed by atoms with Gasteiger partial charge in [-0.15, -0.1) is 0 Å². The van der Waals surface area contributed by atoms with Gasteiger partial charge in [-0.3, -0.25) is 4.79 Å². The Balaban J connectivity index is 2.24. The van der Waals surface area contributed by atoms with Gasteiger partial charge in [-0.25, -0.2) is 13.1 Å². The Morgan fingerprint density at radius 1 is 1.12 bits per heavy atom. The molecule has 26 heavy (non-hydrogen) atoms. The minimum Gasteiger partial charge on any atom is -0.338 e. The molecule has 0 bridgehead atoms. The highest BCUT2D eigenvalue weighted by Gasteiger charge is 2.21. The molecule has 2 unspecified atom stereocenters. The molecule has 140 valence electrons. The normalized spacial score (nSPS) is 13.8. The number of sulfonamides is 1. The Morgan fingerprint density at radius 3 is 2.38 bits per heavy atom. The molecule has 6 nitrogen and oxygen atoms in total. The van der Waals surface area contributed by atoms with Crippen LogP contribution in [0.15, 0.2) is 59.5 Å². The minimum atomic E-state index is -3.76. The zero-order valence-corrected chi connectivity index (χ0v) is 16.0. The molecule has 0 saturated carbocycles. The quantitative estimate of drug-likeness (QED) is 0.775.